The lowest BCUT2D eigenvalue weighted by atomic mass is 10.1. The van der Waals surface area contributed by atoms with Crippen LogP contribution in [0, 0.1) is 12.7 Å². The molecule has 0 unspecified atom stereocenters. The Morgan fingerprint density at radius 2 is 2.11 bits per heavy atom. The van der Waals surface area contributed by atoms with Gasteiger partial charge in [0.25, 0.3) is 0 Å². The maximum atomic E-state index is 13.8. The van der Waals surface area contributed by atoms with E-state index in [4.69, 9.17) is 11.6 Å². The number of hydrogen-bond acceptors (Lipinski definition) is 3. The Morgan fingerprint density at radius 3 is 2.79 bits per heavy atom. The molecule has 3 nitrogen and oxygen atoms in total. The molecule has 2 rings (SSSR count). The zero-order chi connectivity index (χ0) is 13.8. The highest BCUT2D eigenvalue weighted by atomic mass is 35.5. The van der Waals surface area contributed by atoms with Crippen molar-refractivity contribution in [2.75, 3.05) is 11.9 Å². The molecule has 0 saturated heterocycles. The maximum absolute atomic E-state index is 13.8. The third-order valence-corrected chi connectivity index (χ3v) is 2.89. The molecule has 0 bridgehead atoms. The van der Waals surface area contributed by atoms with Gasteiger partial charge < -0.3 is 5.32 Å². The summed E-state index contributed by atoms with van der Waals surface area (Å²) in [5.74, 6) is 0.445. The fourth-order valence-electron chi connectivity index (χ4n) is 1.81. The van der Waals surface area contributed by atoms with E-state index < -0.39 is 5.82 Å². The normalized spacial score (nSPS) is 10.5. The van der Waals surface area contributed by atoms with Gasteiger partial charge in [-0.05, 0) is 31.5 Å². The molecule has 0 aliphatic heterocycles. The standard InChI is InChI=1S/C14H15ClFN3/c1-3-17-14-13(16)9(2)18-12(19-14)8-10-5-4-6-11(15)7-10/h4-7H,3,8H2,1-2H3,(H,17,18,19). The second-order valence-corrected chi connectivity index (χ2v) is 4.66. The van der Waals surface area contributed by atoms with E-state index in [1.54, 1.807) is 6.92 Å². The first-order valence-corrected chi connectivity index (χ1v) is 6.49. The monoisotopic (exact) mass is 279 g/mol. The fourth-order valence-corrected chi connectivity index (χ4v) is 2.02. The number of benzene rings is 1. The topological polar surface area (TPSA) is 37.8 Å². The van der Waals surface area contributed by atoms with Crippen molar-refractivity contribution in [1.29, 1.82) is 0 Å². The van der Waals surface area contributed by atoms with Gasteiger partial charge in [-0.15, -0.1) is 0 Å². The summed E-state index contributed by atoms with van der Waals surface area (Å²) in [5, 5.41) is 3.57. The van der Waals surface area contributed by atoms with E-state index in [1.807, 2.05) is 31.2 Å². The van der Waals surface area contributed by atoms with Crippen LogP contribution in [0.1, 0.15) is 24.0 Å². The molecule has 0 aliphatic rings. The molecule has 0 fully saturated rings. The molecule has 100 valence electrons. The smallest absolute Gasteiger partial charge is 0.186 e. The summed E-state index contributed by atoms with van der Waals surface area (Å²) in [5.41, 5.74) is 1.35. The summed E-state index contributed by atoms with van der Waals surface area (Å²) >= 11 is 5.94. The van der Waals surface area contributed by atoms with Crippen LogP contribution >= 0.6 is 11.6 Å². The summed E-state index contributed by atoms with van der Waals surface area (Å²) in [6.07, 6.45) is 0.528. The number of halogens is 2. The minimum Gasteiger partial charge on any atom is -0.368 e. The van der Waals surface area contributed by atoms with Gasteiger partial charge in [0.1, 0.15) is 5.82 Å². The second kappa shape index (κ2) is 5.97. The van der Waals surface area contributed by atoms with Gasteiger partial charge in [0.15, 0.2) is 11.6 Å². The molecule has 0 saturated carbocycles. The van der Waals surface area contributed by atoms with E-state index in [2.05, 4.69) is 15.3 Å². The largest absolute Gasteiger partial charge is 0.368 e. The third-order valence-electron chi connectivity index (χ3n) is 2.66. The maximum Gasteiger partial charge on any atom is 0.186 e. The van der Waals surface area contributed by atoms with Gasteiger partial charge in [0, 0.05) is 18.0 Å². The summed E-state index contributed by atoms with van der Waals surface area (Å²) in [4.78, 5) is 8.38. The van der Waals surface area contributed by atoms with Crippen molar-refractivity contribution in [2.24, 2.45) is 0 Å². The highest BCUT2D eigenvalue weighted by Crippen LogP contribution is 2.17. The van der Waals surface area contributed by atoms with Crippen LogP contribution < -0.4 is 5.32 Å². The number of hydrogen-bond donors (Lipinski definition) is 1. The van der Waals surface area contributed by atoms with Crippen molar-refractivity contribution in [3.05, 3.63) is 52.2 Å². The summed E-state index contributed by atoms with van der Waals surface area (Å²) in [6.45, 7) is 4.15. The summed E-state index contributed by atoms with van der Waals surface area (Å²) in [6, 6.07) is 7.49. The fraction of sp³-hybridized carbons (Fsp3) is 0.286. The first-order chi connectivity index (χ1) is 9.10. The minimum absolute atomic E-state index is 0.257. The zero-order valence-electron chi connectivity index (χ0n) is 10.9. The average molecular weight is 280 g/mol. The molecular formula is C14H15ClFN3. The highest BCUT2D eigenvalue weighted by Gasteiger charge is 2.11. The lowest BCUT2D eigenvalue weighted by Crippen LogP contribution is -2.09. The highest BCUT2D eigenvalue weighted by molar-refractivity contribution is 6.30. The van der Waals surface area contributed by atoms with Gasteiger partial charge in [-0.2, -0.15) is 0 Å². The average Bonchev–Trinajstić information content (AvgIpc) is 2.35. The second-order valence-electron chi connectivity index (χ2n) is 4.22. The van der Waals surface area contributed by atoms with Crippen LogP contribution in [0.4, 0.5) is 10.2 Å². The molecule has 0 aliphatic carbocycles. The van der Waals surface area contributed by atoms with Gasteiger partial charge in [-0.3, -0.25) is 0 Å². The predicted molar refractivity (Wildman–Crippen MR) is 75.1 cm³/mol. The number of nitrogens with zero attached hydrogens (tertiary/aromatic N) is 2. The third kappa shape index (κ3) is 3.41. The minimum atomic E-state index is -0.392. The van der Waals surface area contributed by atoms with Crippen LogP contribution in [0.15, 0.2) is 24.3 Å². The molecule has 19 heavy (non-hydrogen) atoms. The molecule has 2 aromatic rings. The molecular weight excluding hydrogens is 265 g/mol. The number of aryl methyl sites for hydroxylation is 1. The van der Waals surface area contributed by atoms with E-state index in [9.17, 15) is 4.39 Å². The van der Waals surface area contributed by atoms with Gasteiger partial charge in [-0.25, -0.2) is 14.4 Å². The van der Waals surface area contributed by atoms with E-state index >= 15 is 0 Å². The first-order valence-electron chi connectivity index (χ1n) is 6.11. The van der Waals surface area contributed by atoms with Gasteiger partial charge >= 0.3 is 0 Å². The lowest BCUT2D eigenvalue weighted by Gasteiger charge is -2.09. The summed E-state index contributed by atoms with van der Waals surface area (Å²) in [7, 11) is 0. The zero-order valence-corrected chi connectivity index (χ0v) is 11.6. The Balaban J connectivity index is 2.30. The van der Waals surface area contributed by atoms with Crippen molar-refractivity contribution in [3.63, 3.8) is 0 Å². The SMILES string of the molecule is CCNc1nc(Cc2cccc(Cl)c2)nc(C)c1F. The Morgan fingerprint density at radius 1 is 1.32 bits per heavy atom. The number of aromatic nitrogens is 2. The molecule has 0 amide bonds. The van der Waals surface area contributed by atoms with Crippen LogP contribution in [0.3, 0.4) is 0 Å². The first kappa shape index (κ1) is 13.7. The van der Waals surface area contributed by atoms with Gasteiger partial charge in [0.05, 0.1) is 5.69 Å². The quantitative estimate of drug-likeness (QED) is 0.929. The van der Waals surface area contributed by atoms with Crippen LogP contribution in [-0.2, 0) is 6.42 Å². The van der Waals surface area contributed by atoms with Crippen molar-refractivity contribution >= 4 is 17.4 Å². The van der Waals surface area contributed by atoms with Crippen molar-refractivity contribution in [3.8, 4) is 0 Å². The number of anilines is 1. The van der Waals surface area contributed by atoms with E-state index in [1.165, 1.54) is 0 Å². The summed E-state index contributed by atoms with van der Waals surface area (Å²) < 4.78 is 13.8. The molecule has 0 spiro atoms. The molecule has 1 heterocycles. The predicted octanol–water partition coefficient (Wildman–Crippen LogP) is 3.60. The molecule has 1 aromatic heterocycles. The Labute approximate surface area is 116 Å². The van der Waals surface area contributed by atoms with Crippen molar-refractivity contribution in [1.82, 2.24) is 9.97 Å². The van der Waals surface area contributed by atoms with Crippen LogP contribution in [-0.4, -0.2) is 16.5 Å². The van der Waals surface area contributed by atoms with Gasteiger partial charge in [-0.1, -0.05) is 23.7 Å². The van der Waals surface area contributed by atoms with Gasteiger partial charge in [0.2, 0.25) is 0 Å². The van der Waals surface area contributed by atoms with Crippen molar-refractivity contribution in [2.45, 2.75) is 20.3 Å². The number of rotatable bonds is 4. The van der Waals surface area contributed by atoms with Crippen LogP contribution in [0.25, 0.3) is 0 Å². The Bertz CT molecular complexity index is 587. The molecule has 1 N–H and O–H groups in total. The molecule has 5 heteroatoms. The molecule has 0 atom stereocenters. The van der Waals surface area contributed by atoms with Crippen molar-refractivity contribution < 1.29 is 4.39 Å². The van der Waals surface area contributed by atoms with E-state index in [0.29, 0.717) is 29.5 Å². The number of nitrogens with one attached hydrogen (secondary N) is 1. The lowest BCUT2D eigenvalue weighted by molar-refractivity contribution is 0.601. The van der Waals surface area contributed by atoms with E-state index in [-0.39, 0.29) is 5.82 Å². The Kier molecular flexibility index (Phi) is 4.32. The Hall–Kier alpha value is -1.68. The van der Waals surface area contributed by atoms with Crippen LogP contribution in [0.2, 0.25) is 5.02 Å². The molecule has 1 aromatic carbocycles. The van der Waals surface area contributed by atoms with E-state index in [0.717, 1.165) is 5.56 Å². The van der Waals surface area contributed by atoms with Crippen LogP contribution in [0.5, 0.6) is 0 Å². The molecule has 0 radical (unpaired) electrons.